The van der Waals surface area contributed by atoms with E-state index in [-0.39, 0.29) is 0 Å². The summed E-state index contributed by atoms with van der Waals surface area (Å²) in [5, 5.41) is 7.75. The van der Waals surface area contributed by atoms with Gasteiger partial charge in [0.1, 0.15) is 0 Å². The molecule has 3 heteroatoms. The van der Waals surface area contributed by atoms with Crippen LogP contribution in [0.15, 0.2) is 12.3 Å². The zero-order chi connectivity index (χ0) is 11.3. The fourth-order valence-electron chi connectivity index (χ4n) is 2.11. The van der Waals surface area contributed by atoms with Gasteiger partial charge in [-0.25, -0.2) is 0 Å². The normalized spacial score (nSPS) is 15.2. The van der Waals surface area contributed by atoms with Gasteiger partial charge in [0.25, 0.3) is 0 Å². The van der Waals surface area contributed by atoms with Crippen LogP contribution in [0.4, 0.5) is 0 Å². The molecule has 0 aromatic carbocycles. The molecule has 1 rings (SSSR count). The molecule has 0 bridgehead atoms. The summed E-state index contributed by atoms with van der Waals surface area (Å²) in [5.41, 5.74) is 1.35. The van der Waals surface area contributed by atoms with E-state index >= 15 is 0 Å². The molecule has 0 radical (unpaired) electrons. The summed E-state index contributed by atoms with van der Waals surface area (Å²) in [6.07, 6.45) is 3.06. The molecule has 0 saturated heterocycles. The van der Waals surface area contributed by atoms with Crippen LogP contribution in [0.1, 0.15) is 45.7 Å². The van der Waals surface area contributed by atoms with E-state index in [0.717, 1.165) is 13.1 Å². The van der Waals surface area contributed by atoms with Crippen LogP contribution in [0.3, 0.4) is 0 Å². The van der Waals surface area contributed by atoms with Crippen LogP contribution in [-0.4, -0.2) is 22.4 Å². The van der Waals surface area contributed by atoms with Gasteiger partial charge in [-0.3, -0.25) is 4.68 Å². The Morgan fingerprint density at radius 3 is 2.73 bits per heavy atom. The SMILES string of the molecule is CCNC(C)CC(C)c1ccnn1CC. The first-order chi connectivity index (χ1) is 7.19. The van der Waals surface area contributed by atoms with Crippen LogP contribution in [0.5, 0.6) is 0 Å². The number of nitrogens with one attached hydrogen (secondary N) is 1. The second kappa shape index (κ2) is 5.91. The van der Waals surface area contributed by atoms with Crippen LogP contribution in [0.25, 0.3) is 0 Å². The second-order valence-electron chi connectivity index (χ2n) is 4.17. The Bertz CT molecular complexity index is 280. The van der Waals surface area contributed by atoms with Crippen molar-refractivity contribution in [1.82, 2.24) is 15.1 Å². The third kappa shape index (κ3) is 3.34. The van der Waals surface area contributed by atoms with Crippen molar-refractivity contribution in [2.75, 3.05) is 6.54 Å². The van der Waals surface area contributed by atoms with Crippen molar-refractivity contribution >= 4 is 0 Å². The number of rotatable bonds is 6. The first kappa shape index (κ1) is 12.2. The molecule has 0 fully saturated rings. The van der Waals surface area contributed by atoms with Gasteiger partial charge in [-0.15, -0.1) is 0 Å². The summed E-state index contributed by atoms with van der Waals surface area (Å²) in [7, 11) is 0. The molecule has 1 aromatic rings. The predicted molar refractivity (Wildman–Crippen MR) is 64.1 cm³/mol. The summed E-state index contributed by atoms with van der Waals surface area (Å²) in [5.74, 6) is 0.571. The summed E-state index contributed by atoms with van der Waals surface area (Å²) >= 11 is 0. The number of nitrogens with zero attached hydrogens (tertiary/aromatic N) is 2. The van der Waals surface area contributed by atoms with E-state index in [4.69, 9.17) is 0 Å². The number of aromatic nitrogens is 2. The van der Waals surface area contributed by atoms with Crippen molar-refractivity contribution in [3.63, 3.8) is 0 Å². The molecule has 86 valence electrons. The average Bonchev–Trinajstić information content (AvgIpc) is 2.65. The number of hydrogen-bond donors (Lipinski definition) is 1. The molecular formula is C12H23N3. The van der Waals surface area contributed by atoms with Gasteiger partial charge in [0.05, 0.1) is 0 Å². The Morgan fingerprint density at radius 1 is 1.40 bits per heavy atom. The van der Waals surface area contributed by atoms with E-state index in [1.165, 1.54) is 12.1 Å². The zero-order valence-electron chi connectivity index (χ0n) is 10.3. The van der Waals surface area contributed by atoms with E-state index in [2.05, 4.69) is 48.9 Å². The van der Waals surface area contributed by atoms with Crippen molar-refractivity contribution in [3.05, 3.63) is 18.0 Å². The lowest BCUT2D eigenvalue weighted by Crippen LogP contribution is -2.27. The van der Waals surface area contributed by atoms with Gasteiger partial charge in [0.2, 0.25) is 0 Å². The molecule has 1 N–H and O–H groups in total. The fourth-order valence-corrected chi connectivity index (χ4v) is 2.11. The lowest BCUT2D eigenvalue weighted by Gasteiger charge is -2.18. The van der Waals surface area contributed by atoms with Crippen molar-refractivity contribution in [1.29, 1.82) is 0 Å². The van der Waals surface area contributed by atoms with Gasteiger partial charge in [-0.2, -0.15) is 5.10 Å². The van der Waals surface area contributed by atoms with Gasteiger partial charge in [-0.1, -0.05) is 13.8 Å². The minimum atomic E-state index is 0.571. The minimum absolute atomic E-state index is 0.571. The highest BCUT2D eigenvalue weighted by Gasteiger charge is 2.13. The molecule has 0 aliphatic rings. The highest BCUT2D eigenvalue weighted by molar-refractivity contribution is 5.07. The van der Waals surface area contributed by atoms with E-state index in [0.29, 0.717) is 12.0 Å². The fraction of sp³-hybridized carbons (Fsp3) is 0.750. The van der Waals surface area contributed by atoms with E-state index < -0.39 is 0 Å². The number of hydrogen-bond acceptors (Lipinski definition) is 2. The quantitative estimate of drug-likeness (QED) is 0.779. The van der Waals surface area contributed by atoms with Gasteiger partial charge in [-0.05, 0) is 38.8 Å². The van der Waals surface area contributed by atoms with Gasteiger partial charge in [0.15, 0.2) is 0 Å². The summed E-state index contributed by atoms with van der Waals surface area (Å²) in [6, 6.07) is 2.71. The molecule has 2 atom stereocenters. The van der Waals surface area contributed by atoms with Crippen molar-refractivity contribution in [2.24, 2.45) is 0 Å². The summed E-state index contributed by atoms with van der Waals surface area (Å²) in [4.78, 5) is 0. The number of aryl methyl sites for hydroxylation is 1. The third-order valence-electron chi connectivity index (χ3n) is 2.81. The molecule has 0 saturated carbocycles. The maximum absolute atomic E-state index is 4.31. The average molecular weight is 209 g/mol. The summed E-state index contributed by atoms with van der Waals surface area (Å²) in [6.45, 7) is 10.8. The lowest BCUT2D eigenvalue weighted by atomic mass is 9.99. The zero-order valence-corrected chi connectivity index (χ0v) is 10.3. The largest absolute Gasteiger partial charge is 0.315 e. The van der Waals surface area contributed by atoms with E-state index in [9.17, 15) is 0 Å². The van der Waals surface area contributed by atoms with Crippen molar-refractivity contribution in [3.8, 4) is 0 Å². The van der Waals surface area contributed by atoms with Crippen LogP contribution in [0, 0.1) is 0 Å². The molecule has 0 aliphatic heterocycles. The van der Waals surface area contributed by atoms with Crippen LogP contribution < -0.4 is 5.32 Å². The Kier molecular flexibility index (Phi) is 4.82. The van der Waals surface area contributed by atoms with Crippen LogP contribution in [-0.2, 0) is 6.54 Å². The molecule has 2 unspecified atom stereocenters. The van der Waals surface area contributed by atoms with Crippen LogP contribution >= 0.6 is 0 Å². The first-order valence-corrected chi connectivity index (χ1v) is 5.94. The molecule has 1 heterocycles. The molecule has 3 nitrogen and oxygen atoms in total. The van der Waals surface area contributed by atoms with Gasteiger partial charge >= 0.3 is 0 Å². The first-order valence-electron chi connectivity index (χ1n) is 5.94. The molecule has 0 spiro atoms. The molecule has 0 aliphatic carbocycles. The predicted octanol–water partition coefficient (Wildman–Crippen LogP) is 2.39. The Morgan fingerprint density at radius 2 is 2.13 bits per heavy atom. The standard InChI is InChI=1S/C12H23N3/c1-5-13-11(4)9-10(3)12-7-8-14-15(12)6-2/h7-8,10-11,13H,5-6,9H2,1-4H3. The maximum Gasteiger partial charge on any atom is 0.0492 e. The Hall–Kier alpha value is -0.830. The van der Waals surface area contributed by atoms with E-state index in [1.807, 2.05) is 6.20 Å². The van der Waals surface area contributed by atoms with Crippen LogP contribution in [0.2, 0.25) is 0 Å². The Balaban J connectivity index is 2.56. The third-order valence-corrected chi connectivity index (χ3v) is 2.81. The highest BCUT2D eigenvalue weighted by atomic mass is 15.3. The topological polar surface area (TPSA) is 29.9 Å². The van der Waals surface area contributed by atoms with E-state index in [1.54, 1.807) is 0 Å². The summed E-state index contributed by atoms with van der Waals surface area (Å²) < 4.78 is 2.09. The van der Waals surface area contributed by atoms with Gasteiger partial charge in [0, 0.05) is 24.5 Å². The minimum Gasteiger partial charge on any atom is -0.315 e. The molecule has 0 amide bonds. The molecule has 15 heavy (non-hydrogen) atoms. The van der Waals surface area contributed by atoms with Crippen molar-refractivity contribution in [2.45, 2.75) is 52.6 Å². The monoisotopic (exact) mass is 209 g/mol. The Labute approximate surface area is 92.9 Å². The highest BCUT2D eigenvalue weighted by Crippen LogP contribution is 2.20. The second-order valence-corrected chi connectivity index (χ2v) is 4.17. The van der Waals surface area contributed by atoms with Gasteiger partial charge < -0.3 is 5.32 Å². The lowest BCUT2D eigenvalue weighted by molar-refractivity contribution is 0.468. The molecular weight excluding hydrogens is 186 g/mol. The molecule has 1 aromatic heterocycles. The van der Waals surface area contributed by atoms with Crippen molar-refractivity contribution < 1.29 is 0 Å². The maximum atomic E-state index is 4.31. The smallest absolute Gasteiger partial charge is 0.0492 e.